The van der Waals surface area contributed by atoms with E-state index >= 15 is 0 Å². The van der Waals surface area contributed by atoms with Crippen molar-refractivity contribution in [2.75, 3.05) is 0 Å². The number of benzene rings is 4. The maximum atomic E-state index is 6.43. The summed E-state index contributed by atoms with van der Waals surface area (Å²) in [7, 11) is 0. The van der Waals surface area contributed by atoms with Gasteiger partial charge in [-0.2, -0.15) is 0 Å². The first-order chi connectivity index (χ1) is 16.7. The van der Waals surface area contributed by atoms with Crippen molar-refractivity contribution >= 4 is 0 Å². The molecule has 4 aromatic carbocycles. The van der Waals surface area contributed by atoms with Crippen LogP contribution in [0.4, 0.5) is 0 Å². The Morgan fingerprint density at radius 3 is 1.41 bits per heavy atom. The Hall–Kier alpha value is -3.72. The van der Waals surface area contributed by atoms with Crippen LogP contribution in [0.1, 0.15) is 36.1 Å². The molecule has 174 valence electrons. The maximum Gasteiger partial charge on any atom is 0.204 e. The van der Waals surface area contributed by atoms with Gasteiger partial charge in [0.05, 0.1) is 0 Å². The molecule has 0 radical (unpaired) electrons. The van der Waals surface area contributed by atoms with Gasteiger partial charge in [0, 0.05) is 0 Å². The van der Waals surface area contributed by atoms with E-state index < -0.39 is 0 Å². The minimum atomic E-state index is 0.440. The Morgan fingerprint density at radius 2 is 0.941 bits per heavy atom. The molecule has 0 atom stereocenters. The average molecular weight is 453 g/mol. The molecule has 0 spiro atoms. The van der Waals surface area contributed by atoms with Crippen LogP contribution in [0, 0.1) is 5.92 Å². The standard InChI is InChI=1S/C31H32O3/c1-24(2)20-28-18-19-29(32-21-25-12-6-3-7-13-25)31(34-23-27-16-10-5-11-17-27)30(28)33-22-26-14-8-4-9-15-26/h3-19,24H,20-23H2,1-2H3. The molecule has 0 aliphatic heterocycles. The van der Waals surface area contributed by atoms with Crippen molar-refractivity contribution < 1.29 is 14.2 Å². The second-order valence-corrected chi connectivity index (χ2v) is 8.80. The molecule has 0 fully saturated rings. The van der Waals surface area contributed by atoms with E-state index in [0.717, 1.165) is 34.4 Å². The number of hydrogen-bond acceptors (Lipinski definition) is 3. The summed E-state index contributed by atoms with van der Waals surface area (Å²) in [5.41, 5.74) is 4.44. The molecule has 34 heavy (non-hydrogen) atoms. The van der Waals surface area contributed by atoms with Gasteiger partial charge < -0.3 is 14.2 Å². The Bertz CT molecular complexity index is 1140. The molecule has 0 N–H and O–H groups in total. The van der Waals surface area contributed by atoms with E-state index in [0.29, 0.717) is 37.2 Å². The van der Waals surface area contributed by atoms with E-state index in [1.165, 1.54) is 0 Å². The zero-order chi connectivity index (χ0) is 23.6. The van der Waals surface area contributed by atoms with Gasteiger partial charge in [0.2, 0.25) is 5.75 Å². The summed E-state index contributed by atoms with van der Waals surface area (Å²) < 4.78 is 19.1. The largest absolute Gasteiger partial charge is 0.485 e. The van der Waals surface area contributed by atoms with Crippen molar-refractivity contribution in [1.29, 1.82) is 0 Å². The lowest BCUT2D eigenvalue weighted by molar-refractivity contribution is 0.228. The summed E-state index contributed by atoms with van der Waals surface area (Å²) in [5, 5.41) is 0. The summed E-state index contributed by atoms with van der Waals surface area (Å²) >= 11 is 0. The molecule has 0 aromatic heterocycles. The first kappa shape index (κ1) is 23.4. The summed E-state index contributed by atoms with van der Waals surface area (Å²) in [6.07, 6.45) is 0.894. The summed E-state index contributed by atoms with van der Waals surface area (Å²) in [5.74, 6) is 2.60. The van der Waals surface area contributed by atoms with Crippen molar-refractivity contribution in [3.8, 4) is 17.2 Å². The minimum Gasteiger partial charge on any atom is -0.485 e. The topological polar surface area (TPSA) is 27.7 Å². The van der Waals surface area contributed by atoms with Crippen LogP contribution in [-0.2, 0) is 26.2 Å². The van der Waals surface area contributed by atoms with Gasteiger partial charge >= 0.3 is 0 Å². The molecule has 0 aliphatic carbocycles. The fraction of sp³-hybridized carbons (Fsp3) is 0.226. The van der Waals surface area contributed by atoms with Crippen LogP contribution in [0.25, 0.3) is 0 Å². The van der Waals surface area contributed by atoms with E-state index in [1.54, 1.807) is 0 Å². The molecule has 0 amide bonds. The van der Waals surface area contributed by atoms with E-state index in [2.05, 4.69) is 56.3 Å². The number of hydrogen-bond donors (Lipinski definition) is 0. The van der Waals surface area contributed by atoms with Gasteiger partial charge in [-0.15, -0.1) is 0 Å². The first-order valence-corrected chi connectivity index (χ1v) is 11.8. The molecule has 0 heterocycles. The van der Waals surface area contributed by atoms with E-state index in [4.69, 9.17) is 14.2 Å². The first-order valence-electron chi connectivity index (χ1n) is 11.8. The molecule has 0 bridgehead atoms. The molecule has 0 saturated carbocycles. The number of rotatable bonds is 11. The molecule has 0 saturated heterocycles. The minimum absolute atomic E-state index is 0.440. The van der Waals surface area contributed by atoms with Crippen molar-refractivity contribution in [1.82, 2.24) is 0 Å². The van der Waals surface area contributed by atoms with E-state index in [9.17, 15) is 0 Å². The molecule has 0 aliphatic rings. The fourth-order valence-corrected chi connectivity index (χ4v) is 3.79. The molecule has 3 heteroatoms. The van der Waals surface area contributed by atoms with Gasteiger partial charge in [-0.05, 0) is 40.7 Å². The van der Waals surface area contributed by atoms with Gasteiger partial charge in [0.25, 0.3) is 0 Å². The monoisotopic (exact) mass is 452 g/mol. The van der Waals surface area contributed by atoms with Gasteiger partial charge in [-0.3, -0.25) is 0 Å². The van der Waals surface area contributed by atoms with Crippen LogP contribution in [-0.4, -0.2) is 0 Å². The lowest BCUT2D eigenvalue weighted by Gasteiger charge is -2.21. The zero-order valence-corrected chi connectivity index (χ0v) is 19.9. The highest BCUT2D eigenvalue weighted by atomic mass is 16.5. The average Bonchev–Trinajstić information content (AvgIpc) is 2.87. The molecule has 4 rings (SSSR count). The Morgan fingerprint density at radius 1 is 0.500 bits per heavy atom. The zero-order valence-electron chi connectivity index (χ0n) is 19.9. The SMILES string of the molecule is CC(C)Cc1ccc(OCc2ccccc2)c(OCc2ccccc2)c1OCc1ccccc1. The molecule has 4 aromatic rings. The fourth-order valence-electron chi connectivity index (χ4n) is 3.79. The summed E-state index contributed by atoms with van der Waals surface area (Å²) in [4.78, 5) is 0. The maximum absolute atomic E-state index is 6.43. The van der Waals surface area contributed by atoms with Gasteiger partial charge in [-0.1, -0.05) is 111 Å². The van der Waals surface area contributed by atoms with Crippen molar-refractivity contribution in [2.24, 2.45) is 5.92 Å². The third-order valence-electron chi connectivity index (χ3n) is 5.47. The van der Waals surface area contributed by atoms with Crippen molar-refractivity contribution in [3.63, 3.8) is 0 Å². The van der Waals surface area contributed by atoms with Crippen molar-refractivity contribution in [3.05, 3.63) is 125 Å². The second kappa shape index (κ2) is 11.9. The van der Waals surface area contributed by atoms with Crippen LogP contribution < -0.4 is 14.2 Å². The lowest BCUT2D eigenvalue weighted by atomic mass is 10.0. The highest BCUT2D eigenvalue weighted by Crippen LogP contribution is 2.42. The van der Waals surface area contributed by atoms with Gasteiger partial charge in [0.15, 0.2) is 11.5 Å². The van der Waals surface area contributed by atoms with Crippen LogP contribution >= 0.6 is 0 Å². The highest BCUT2D eigenvalue weighted by molar-refractivity contribution is 5.56. The Kier molecular flexibility index (Phi) is 8.23. The predicted octanol–water partition coefficient (Wildman–Crippen LogP) is 7.62. The molecule has 3 nitrogen and oxygen atoms in total. The second-order valence-electron chi connectivity index (χ2n) is 8.80. The molecular weight excluding hydrogens is 420 g/mol. The van der Waals surface area contributed by atoms with E-state index in [1.807, 2.05) is 60.7 Å². The lowest BCUT2D eigenvalue weighted by Crippen LogP contribution is -2.07. The normalized spacial score (nSPS) is 10.8. The van der Waals surface area contributed by atoms with Crippen LogP contribution in [0.15, 0.2) is 103 Å². The van der Waals surface area contributed by atoms with Gasteiger partial charge in [0.1, 0.15) is 19.8 Å². The quantitative estimate of drug-likeness (QED) is 0.234. The van der Waals surface area contributed by atoms with Gasteiger partial charge in [-0.25, -0.2) is 0 Å². The summed E-state index contributed by atoms with van der Waals surface area (Å²) in [6, 6.07) is 34.7. The predicted molar refractivity (Wildman–Crippen MR) is 137 cm³/mol. The number of ether oxygens (including phenoxy) is 3. The van der Waals surface area contributed by atoms with Crippen LogP contribution in [0.5, 0.6) is 17.2 Å². The van der Waals surface area contributed by atoms with Crippen LogP contribution in [0.2, 0.25) is 0 Å². The third-order valence-corrected chi connectivity index (χ3v) is 5.47. The molecule has 0 unspecified atom stereocenters. The Labute approximate surface area is 202 Å². The highest BCUT2D eigenvalue weighted by Gasteiger charge is 2.19. The molecular formula is C31H32O3. The smallest absolute Gasteiger partial charge is 0.204 e. The third kappa shape index (κ3) is 6.64. The summed E-state index contributed by atoms with van der Waals surface area (Å²) in [6.45, 7) is 5.80. The van der Waals surface area contributed by atoms with E-state index in [-0.39, 0.29) is 0 Å². The Balaban J connectivity index is 1.66. The van der Waals surface area contributed by atoms with Crippen molar-refractivity contribution in [2.45, 2.75) is 40.1 Å². The van der Waals surface area contributed by atoms with Crippen LogP contribution in [0.3, 0.4) is 0 Å².